The van der Waals surface area contributed by atoms with Gasteiger partial charge >= 0.3 is 6.03 Å². The zero-order valence-corrected chi connectivity index (χ0v) is 10.8. The lowest BCUT2D eigenvalue weighted by atomic mass is 9.94. The fourth-order valence-electron chi connectivity index (χ4n) is 3.38. The van der Waals surface area contributed by atoms with Crippen LogP contribution in [0.3, 0.4) is 0 Å². The summed E-state index contributed by atoms with van der Waals surface area (Å²) in [5.41, 5.74) is 5.68. The first kappa shape index (κ1) is 11.7. The van der Waals surface area contributed by atoms with E-state index < -0.39 is 0 Å². The van der Waals surface area contributed by atoms with Crippen LogP contribution in [0.2, 0.25) is 0 Å². The largest absolute Gasteiger partial charge is 0.385 e. The Kier molecular flexibility index (Phi) is 2.48. The lowest BCUT2D eigenvalue weighted by molar-refractivity contribution is 0.177. The first-order valence-electron chi connectivity index (χ1n) is 6.61. The molecule has 2 heterocycles. The molecule has 3 aliphatic rings. The van der Waals surface area contributed by atoms with E-state index in [1.807, 2.05) is 0 Å². The van der Waals surface area contributed by atoms with E-state index in [1.165, 1.54) is 12.8 Å². The van der Waals surface area contributed by atoms with Gasteiger partial charge in [-0.25, -0.2) is 4.79 Å². The molecule has 1 spiro atoms. The quantitative estimate of drug-likeness (QED) is 0.757. The fraction of sp³-hybridized carbons (Fsp3) is 0.692. The van der Waals surface area contributed by atoms with Crippen molar-refractivity contribution in [1.82, 2.24) is 9.80 Å². The number of amides is 2. The van der Waals surface area contributed by atoms with Gasteiger partial charge in [-0.15, -0.1) is 6.58 Å². The van der Waals surface area contributed by atoms with Crippen molar-refractivity contribution in [3.05, 3.63) is 12.7 Å². The number of nitrogens with two attached hydrogens (primary N) is 1. The second kappa shape index (κ2) is 3.82. The molecule has 18 heavy (non-hydrogen) atoms. The van der Waals surface area contributed by atoms with Crippen molar-refractivity contribution in [1.29, 1.82) is 0 Å². The first-order valence-corrected chi connectivity index (χ1v) is 6.61. The molecule has 5 heteroatoms. The summed E-state index contributed by atoms with van der Waals surface area (Å²) in [5, 5.41) is 0. The number of aliphatic imine (C=N–C) groups is 1. The number of carbonyl (C=O) groups excluding carboxylic acids is 1. The van der Waals surface area contributed by atoms with Gasteiger partial charge in [0, 0.05) is 25.2 Å². The van der Waals surface area contributed by atoms with E-state index in [-0.39, 0.29) is 11.6 Å². The normalized spacial score (nSPS) is 36.5. The Morgan fingerprint density at radius 1 is 1.61 bits per heavy atom. The monoisotopic (exact) mass is 248 g/mol. The number of urea groups is 1. The van der Waals surface area contributed by atoms with Crippen LogP contribution in [0.1, 0.15) is 26.2 Å². The van der Waals surface area contributed by atoms with Gasteiger partial charge in [0.1, 0.15) is 11.4 Å². The summed E-state index contributed by atoms with van der Waals surface area (Å²) >= 11 is 0. The van der Waals surface area contributed by atoms with E-state index in [0.29, 0.717) is 24.5 Å². The SMILES string of the molecule is C=CCN1C(=O)N=C(N)C12CC(C)N(C1CC1)C2. The number of hydrogen-bond donors (Lipinski definition) is 1. The van der Waals surface area contributed by atoms with Gasteiger partial charge in [0.05, 0.1) is 0 Å². The summed E-state index contributed by atoms with van der Waals surface area (Å²) in [6.07, 6.45) is 5.18. The average Bonchev–Trinajstić information content (AvgIpc) is 3.06. The first-order chi connectivity index (χ1) is 8.58. The maximum Gasteiger partial charge on any atom is 0.346 e. The second-order valence-corrected chi connectivity index (χ2v) is 5.67. The maximum atomic E-state index is 11.9. The van der Waals surface area contributed by atoms with Crippen LogP contribution in [0.4, 0.5) is 4.79 Å². The Morgan fingerprint density at radius 2 is 2.33 bits per heavy atom. The molecule has 0 aromatic heterocycles. The van der Waals surface area contributed by atoms with Crippen LogP contribution < -0.4 is 5.73 Å². The molecule has 98 valence electrons. The molecule has 1 saturated carbocycles. The number of hydrogen-bond acceptors (Lipinski definition) is 3. The Bertz CT molecular complexity index is 429. The third-order valence-electron chi connectivity index (χ3n) is 4.41. The van der Waals surface area contributed by atoms with Crippen LogP contribution in [-0.2, 0) is 0 Å². The second-order valence-electron chi connectivity index (χ2n) is 5.67. The number of rotatable bonds is 3. The van der Waals surface area contributed by atoms with Gasteiger partial charge in [0.15, 0.2) is 0 Å². The molecular weight excluding hydrogens is 228 g/mol. The summed E-state index contributed by atoms with van der Waals surface area (Å²) in [6, 6.07) is 0.940. The van der Waals surface area contributed by atoms with Gasteiger partial charge in [0.2, 0.25) is 0 Å². The van der Waals surface area contributed by atoms with Crippen LogP contribution in [-0.4, -0.2) is 52.4 Å². The summed E-state index contributed by atoms with van der Waals surface area (Å²) in [6.45, 7) is 7.29. The Hall–Kier alpha value is -1.36. The highest BCUT2D eigenvalue weighted by atomic mass is 16.2. The van der Waals surface area contributed by atoms with Gasteiger partial charge < -0.3 is 10.6 Å². The molecule has 2 amide bonds. The van der Waals surface area contributed by atoms with Gasteiger partial charge in [-0.05, 0) is 26.2 Å². The standard InChI is InChI=1S/C13H20N4O/c1-3-6-17-12(18)15-11(14)13(17)7-9(2)16(8-13)10-4-5-10/h3,9-10H,1,4-8H2,2H3,(H2,14,15,18). The van der Waals surface area contributed by atoms with E-state index in [9.17, 15) is 4.79 Å². The van der Waals surface area contributed by atoms with Crippen molar-refractivity contribution in [2.45, 2.75) is 43.8 Å². The van der Waals surface area contributed by atoms with Crippen molar-refractivity contribution in [2.24, 2.45) is 10.7 Å². The van der Waals surface area contributed by atoms with E-state index >= 15 is 0 Å². The van der Waals surface area contributed by atoms with Crippen molar-refractivity contribution in [2.75, 3.05) is 13.1 Å². The summed E-state index contributed by atoms with van der Waals surface area (Å²) in [7, 11) is 0. The molecule has 2 atom stereocenters. The van der Waals surface area contributed by atoms with E-state index in [0.717, 1.165) is 13.0 Å². The van der Waals surface area contributed by atoms with Gasteiger partial charge in [-0.1, -0.05) is 6.08 Å². The molecule has 1 saturated heterocycles. The summed E-state index contributed by atoms with van der Waals surface area (Å²) in [5.74, 6) is 0.490. The lowest BCUT2D eigenvalue weighted by Crippen LogP contribution is -2.56. The molecule has 2 aliphatic heterocycles. The molecule has 5 nitrogen and oxygen atoms in total. The number of nitrogens with zero attached hydrogens (tertiary/aromatic N) is 3. The molecule has 2 unspecified atom stereocenters. The minimum Gasteiger partial charge on any atom is -0.385 e. The molecule has 0 radical (unpaired) electrons. The fourth-order valence-corrected chi connectivity index (χ4v) is 3.38. The molecule has 1 aliphatic carbocycles. The number of likely N-dealkylation sites (tertiary alicyclic amines) is 1. The van der Waals surface area contributed by atoms with Crippen LogP contribution in [0.25, 0.3) is 0 Å². The van der Waals surface area contributed by atoms with Crippen molar-refractivity contribution in [3.8, 4) is 0 Å². The van der Waals surface area contributed by atoms with Crippen LogP contribution >= 0.6 is 0 Å². The Balaban J connectivity index is 1.90. The van der Waals surface area contributed by atoms with E-state index in [1.54, 1.807) is 11.0 Å². The zero-order valence-electron chi connectivity index (χ0n) is 10.8. The Morgan fingerprint density at radius 3 is 2.94 bits per heavy atom. The summed E-state index contributed by atoms with van der Waals surface area (Å²) < 4.78 is 0. The van der Waals surface area contributed by atoms with Crippen molar-refractivity contribution in [3.63, 3.8) is 0 Å². The number of amidine groups is 1. The average molecular weight is 248 g/mol. The van der Waals surface area contributed by atoms with E-state index in [4.69, 9.17) is 5.73 Å². The molecule has 0 aromatic rings. The predicted molar refractivity (Wildman–Crippen MR) is 70.5 cm³/mol. The third-order valence-corrected chi connectivity index (χ3v) is 4.41. The molecule has 3 rings (SSSR count). The predicted octanol–water partition coefficient (Wildman–Crippen LogP) is 0.961. The molecule has 0 bridgehead atoms. The molecule has 2 fully saturated rings. The highest BCUT2D eigenvalue weighted by Gasteiger charge is 2.56. The topological polar surface area (TPSA) is 61.9 Å². The maximum absolute atomic E-state index is 11.9. The van der Waals surface area contributed by atoms with Gasteiger partial charge in [-0.2, -0.15) is 4.99 Å². The van der Waals surface area contributed by atoms with Crippen LogP contribution in [0.5, 0.6) is 0 Å². The number of carbonyl (C=O) groups is 1. The molecule has 2 N–H and O–H groups in total. The lowest BCUT2D eigenvalue weighted by Gasteiger charge is -2.33. The molecular formula is C13H20N4O. The minimum absolute atomic E-state index is 0.211. The smallest absolute Gasteiger partial charge is 0.346 e. The van der Waals surface area contributed by atoms with Gasteiger partial charge in [-0.3, -0.25) is 4.90 Å². The van der Waals surface area contributed by atoms with Crippen molar-refractivity contribution >= 4 is 11.9 Å². The molecule has 0 aromatic carbocycles. The van der Waals surface area contributed by atoms with Crippen LogP contribution in [0.15, 0.2) is 17.6 Å². The summed E-state index contributed by atoms with van der Waals surface area (Å²) in [4.78, 5) is 20.2. The Labute approximate surface area is 107 Å². The van der Waals surface area contributed by atoms with E-state index in [2.05, 4.69) is 23.4 Å². The highest BCUT2D eigenvalue weighted by molar-refractivity contribution is 6.06. The highest BCUT2D eigenvalue weighted by Crippen LogP contribution is 2.41. The van der Waals surface area contributed by atoms with Gasteiger partial charge in [0.25, 0.3) is 0 Å². The third kappa shape index (κ3) is 1.50. The minimum atomic E-state index is -0.382. The van der Waals surface area contributed by atoms with Crippen molar-refractivity contribution < 1.29 is 4.79 Å². The van der Waals surface area contributed by atoms with Crippen LogP contribution in [0, 0.1) is 0 Å². The zero-order chi connectivity index (χ0) is 12.9.